The molecule has 3 rings (SSSR count). The fourth-order valence-electron chi connectivity index (χ4n) is 3.03. The molecule has 0 saturated carbocycles. The molecular formula is C19H24N4O3. The largest absolute Gasteiger partial charge is 0.512 e. The van der Waals surface area contributed by atoms with E-state index in [1.165, 1.54) is 10.6 Å². The predicted molar refractivity (Wildman–Crippen MR) is 104 cm³/mol. The van der Waals surface area contributed by atoms with Crippen molar-refractivity contribution in [2.75, 3.05) is 5.73 Å². The number of carbonyl (C=O) groups excluding carboxylic acids is 1. The van der Waals surface area contributed by atoms with Crippen molar-refractivity contribution in [2.24, 2.45) is 12.8 Å². The molecule has 0 radical (unpaired) electrons. The van der Waals surface area contributed by atoms with Crippen LogP contribution in [0, 0.1) is 6.92 Å². The smallest absolute Gasteiger partial charge is 0.272 e. The van der Waals surface area contributed by atoms with Crippen molar-refractivity contribution in [3.8, 4) is 0 Å². The lowest BCUT2D eigenvalue weighted by molar-refractivity contribution is 0.100. The number of aryl methyl sites for hydroxylation is 2. The van der Waals surface area contributed by atoms with Crippen molar-refractivity contribution < 1.29 is 9.90 Å². The van der Waals surface area contributed by atoms with E-state index in [-0.39, 0.29) is 22.6 Å². The summed E-state index contributed by atoms with van der Waals surface area (Å²) in [6.07, 6.45) is 4.66. The number of hydrogen-bond donors (Lipinski definition) is 3. The molecule has 5 N–H and O–H groups in total. The van der Waals surface area contributed by atoms with Crippen LogP contribution in [-0.4, -0.2) is 20.6 Å². The second kappa shape index (κ2) is 7.43. The highest BCUT2D eigenvalue weighted by Crippen LogP contribution is 2.35. The van der Waals surface area contributed by atoms with Gasteiger partial charge in [-0.2, -0.15) is 0 Å². The number of nitrogens with zero attached hydrogens (tertiary/aromatic N) is 2. The van der Waals surface area contributed by atoms with E-state index < -0.39 is 5.91 Å². The van der Waals surface area contributed by atoms with E-state index in [1.807, 2.05) is 19.9 Å². The highest BCUT2D eigenvalue weighted by molar-refractivity contribution is 6.08. The second-order valence-corrected chi connectivity index (χ2v) is 5.84. The van der Waals surface area contributed by atoms with Gasteiger partial charge < -0.3 is 21.1 Å². The molecule has 1 heterocycles. The van der Waals surface area contributed by atoms with Gasteiger partial charge in [0.25, 0.3) is 11.5 Å². The fraction of sp³-hybridized carbons (Fsp3) is 0.316. The number of primary amides is 1. The molecule has 138 valence electrons. The van der Waals surface area contributed by atoms with Crippen molar-refractivity contribution in [3.63, 3.8) is 0 Å². The van der Waals surface area contributed by atoms with E-state index in [9.17, 15) is 14.7 Å². The third-order valence-electron chi connectivity index (χ3n) is 4.20. The number of aliphatic hydroxyl groups excluding tert-OH is 1. The number of hydrogen-bond acceptors (Lipinski definition) is 5. The molecule has 1 aromatic carbocycles. The van der Waals surface area contributed by atoms with Gasteiger partial charge in [-0.15, -0.1) is 0 Å². The summed E-state index contributed by atoms with van der Waals surface area (Å²) in [4.78, 5) is 28.3. The minimum absolute atomic E-state index is 0.141. The molecule has 0 bridgehead atoms. The van der Waals surface area contributed by atoms with Crippen molar-refractivity contribution in [1.82, 2.24) is 9.55 Å². The summed E-state index contributed by atoms with van der Waals surface area (Å²) >= 11 is 0. The van der Waals surface area contributed by atoms with Gasteiger partial charge in [0.1, 0.15) is 5.69 Å². The number of carbonyl (C=O) groups is 1. The molecular weight excluding hydrogens is 332 g/mol. The van der Waals surface area contributed by atoms with Crippen LogP contribution in [-0.2, 0) is 7.05 Å². The molecule has 26 heavy (non-hydrogen) atoms. The molecule has 1 aliphatic rings. The van der Waals surface area contributed by atoms with Crippen LogP contribution >= 0.6 is 0 Å². The molecule has 7 nitrogen and oxygen atoms in total. The molecule has 0 atom stereocenters. The van der Waals surface area contributed by atoms with E-state index in [2.05, 4.69) is 4.98 Å². The first-order valence-corrected chi connectivity index (χ1v) is 8.51. The Labute approximate surface area is 151 Å². The number of aliphatic hydroxyl groups is 1. The van der Waals surface area contributed by atoms with Gasteiger partial charge in [-0.1, -0.05) is 19.9 Å². The Balaban J connectivity index is 0.00000117. The molecule has 2 aromatic rings. The van der Waals surface area contributed by atoms with E-state index in [0.717, 1.165) is 0 Å². The minimum atomic E-state index is -0.673. The van der Waals surface area contributed by atoms with Crippen LogP contribution in [0.2, 0.25) is 0 Å². The normalized spacial score (nSPS) is 13.5. The van der Waals surface area contributed by atoms with E-state index >= 15 is 0 Å². The second-order valence-electron chi connectivity index (χ2n) is 5.84. The standard InChI is InChI=1S/C17H18N4O3.C2H6/c1-8-17(24)21(2)15-12(20-8)7-11(16(19)23)14(18)13(15)9-4-3-5-10(22)6-9;1-2/h4,6-7,22H,3,5,18H2,1-2H3,(H2,19,23);1-2H3. The number of nitrogen functional groups attached to an aromatic ring is 1. The Morgan fingerprint density at radius 2 is 2.00 bits per heavy atom. The maximum Gasteiger partial charge on any atom is 0.272 e. The number of fused-ring (bicyclic) bond motifs is 1. The van der Waals surface area contributed by atoms with Gasteiger partial charge in [-0.3, -0.25) is 9.59 Å². The quantitative estimate of drug-likeness (QED) is 0.713. The summed E-state index contributed by atoms with van der Waals surface area (Å²) in [6.45, 7) is 5.60. The van der Waals surface area contributed by atoms with E-state index in [1.54, 1.807) is 20.0 Å². The summed E-state index contributed by atoms with van der Waals surface area (Å²) in [5.74, 6) is -0.455. The molecule has 0 spiro atoms. The van der Waals surface area contributed by atoms with Crippen LogP contribution in [0.4, 0.5) is 5.69 Å². The molecule has 0 fully saturated rings. The molecule has 7 heteroatoms. The monoisotopic (exact) mass is 356 g/mol. The Kier molecular flexibility index (Phi) is 5.50. The Morgan fingerprint density at radius 3 is 2.58 bits per heavy atom. The topological polar surface area (TPSA) is 124 Å². The molecule has 0 aliphatic heterocycles. The molecule has 1 aliphatic carbocycles. The fourth-order valence-corrected chi connectivity index (χ4v) is 3.03. The maximum absolute atomic E-state index is 12.3. The predicted octanol–water partition coefficient (Wildman–Crippen LogP) is 2.57. The highest BCUT2D eigenvalue weighted by Gasteiger charge is 2.21. The van der Waals surface area contributed by atoms with Crippen LogP contribution in [0.15, 0.2) is 28.8 Å². The first-order chi connectivity index (χ1) is 12.3. The van der Waals surface area contributed by atoms with Crippen LogP contribution < -0.4 is 17.0 Å². The number of nitrogens with two attached hydrogens (primary N) is 2. The molecule has 1 amide bonds. The van der Waals surface area contributed by atoms with Gasteiger partial charge in [0, 0.05) is 19.0 Å². The molecule has 0 unspecified atom stereocenters. The lowest BCUT2D eigenvalue weighted by atomic mass is 9.93. The van der Waals surface area contributed by atoms with Crippen molar-refractivity contribution >= 4 is 28.2 Å². The lowest BCUT2D eigenvalue weighted by Gasteiger charge is -2.18. The van der Waals surface area contributed by atoms with Gasteiger partial charge in [0.2, 0.25) is 0 Å². The van der Waals surface area contributed by atoms with Gasteiger partial charge >= 0.3 is 0 Å². The SMILES string of the molecule is CC.Cc1nc2cc(C(N)=O)c(N)c(C3=CCCC(O)=C3)c2n(C)c1=O. The third kappa shape index (κ3) is 3.20. The average molecular weight is 356 g/mol. The zero-order valence-electron chi connectivity index (χ0n) is 15.5. The van der Waals surface area contributed by atoms with Gasteiger partial charge in [0.15, 0.2) is 0 Å². The number of amides is 1. The number of allylic oxidation sites excluding steroid dienone is 4. The molecule has 0 saturated heterocycles. The zero-order valence-corrected chi connectivity index (χ0v) is 15.5. The number of benzene rings is 1. The summed E-state index contributed by atoms with van der Waals surface area (Å²) in [6, 6.07) is 1.50. The Bertz CT molecular complexity index is 1000. The molecule has 1 aromatic heterocycles. The lowest BCUT2D eigenvalue weighted by Crippen LogP contribution is -2.23. The van der Waals surface area contributed by atoms with Crippen LogP contribution in [0.3, 0.4) is 0 Å². The van der Waals surface area contributed by atoms with Crippen LogP contribution in [0.25, 0.3) is 16.6 Å². The first kappa shape index (κ1) is 19.2. The Hall–Kier alpha value is -3.09. The van der Waals surface area contributed by atoms with Gasteiger partial charge in [-0.25, -0.2) is 4.98 Å². The van der Waals surface area contributed by atoms with Gasteiger partial charge in [0.05, 0.1) is 28.0 Å². The van der Waals surface area contributed by atoms with E-state index in [4.69, 9.17) is 11.5 Å². The average Bonchev–Trinajstić information content (AvgIpc) is 2.61. The third-order valence-corrected chi connectivity index (χ3v) is 4.20. The van der Waals surface area contributed by atoms with Crippen LogP contribution in [0.5, 0.6) is 0 Å². The Morgan fingerprint density at radius 1 is 1.35 bits per heavy atom. The van der Waals surface area contributed by atoms with Crippen LogP contribution in [0.1, 0.15) is 48.3 Å². The van der Waals surface area contributed by atoms with Crippen molar-refractivity contribution in [3.05, 3.63) is 51.2 Å². The first-order valence-electron chi connectivity index (χ1n) is 8.51. The zero-order chi connectivity index (χ0) is 19.6. The number of rotatable bonds is 2. The highest BCUT2D eigenvalue weighted by atomic mass is 16.3. The summed E-state index contributed by atoms with van der Waals surface area (Å²) < 4.78 is 1.45. The summed E-state index contributed by atoms with van der Waals surface area (Å²) in [5, 5.41) is 9.85. The number of anilines is 1. The van der Waals surface area contributed by atoms with Crippen molar-refractivity contribution in [1.29, 1.82) is 0 Å². The van der Waals surface area contributed by atoms with Crippen molar-refractivity contribution in [2.45, 2.75) is 33.6 Å². The number of aromatic nitrogens is 2. The minimum Gasteiger partial charge on any atom is -0.512 e. The summed E-state index contributed by atoms with van der Waals surface area (Å²) in [5.41, 5.74) is 14.1. The van der Waals surface area contributed by atoms with Gasteiger partial charge in [-0.05, 0) is 31.1 Å². The van der Waals surface area contributed by atoms with E-state index in [0.29, 0.717) is 40.7 Å². The maximum atomic E-state index is 12.3. The summed E-state index contributed by atoms with van der Waals surface area (Å²) in [7, 11) is 1.62.